The summed E-state index contributed by atoms with van der Waals surface area (Å²) in [5.41, 5.74) is 1.12. The largest absolute Gasteiger partial charge is 0.481 e. The van der Waals surface area contributed by atoms with E-state index in [2.05, 4.69) is 26.8 Å². The first kappa shape index (κ1) is 31.3. The molecule has 0 amide bonds. The molecule has 218 valence electrons. The van der Waals surface area contributed by atoms with Gasteiger partial charge in [0.05, 0.1) is 13.2 Å². The van der Waals surface area contributed by atoms with Gasteiger partial charge in [-0.25, -0.2) is 9.59 Å². The molecule has 0 aliphatic carbocycles. The fourth-order valence-electron chi connectivity index (χ4n) is 4.87. The maximum atomic E-state index is 12.5. The first-order valence-corrected chi connectivity index (χ1v) is 15.1. The van der Waals surface area contributed by atoms with E-state index in [1.807, 2.05) is 36.4 Å². The van der Waals surface area contributed by atoms with Crippen molar-refractivity contribution >= 4 is 33.5 Å². The molecule has 3 aromatic rings. The Balaban J connectivity index is 1.88. The quantitative estimate of drug-likeness (QED) is 0.0849. The Morgan fingerprint density at radius 2 is 1.10 bits per heavy atom. The van der Waals surface area contributed by atoms with Crippen molar-refractivity contribution in [3.05, 3.63) is 48.0 Å². The monoisotopic (exact) mass is 550 g/mol. The van der Waals surface area contributed by atoms with Gasteiger partial charge in [-0.2, -0.15) is 0 Å². The highest BCUT2D eigenvalue weighted by Crippen LogP contribution is 2.44. The van der Waals surface area contributed by atoms with E-state index in [1.165, 1.54) is 0 Å². The van der Waals surface area contributed by atoms with Gasteiger partial charge in [0.2, 0.25) is 0 Å². The highest BCUT2D eigenvalue weighted by molar-refractivity contribution is 6.12. The second-order valence-corrected chi connectivity index (χ2v) is 10.3. The fraction of sp³-hybridized carbons (Fsp3) is 0.529. The van der Waals surface area contributed by atoms with Crippen LogP contribution in [-0.2, 0) is 25.5 Å². The van der Waals surface area contributed by atoms with E-state index in [9.17, 15) is 9.59 Å². The number of carbonyl (C=O) groups excluding carboxylic acids is 2. The summed E-state index contributed by atoms with van der Waals surface area (Å²) in [6.07, 6.45) is 11.3. The van der Waals surface area contributed by atoms with Crippen LogP contribution < -0.4 is 9.47 Å². The van der Waals surface area contributed by atoms with Crippen LogP contribution in [0.2, 0.25) is 0 Å². The molecule has 3 aromatic carbocycles. The van der Waals surface area contributed by atoms with Gasteiger partial charge in [0.25, 0.3) is 0 Å². The molecule has 0 spiro atoms. The van der Waals surface area contributed by atoms with E-state index in [0.717, 1.165) is 97.7 Å². The zero-order chi connectivity index (χ0) is 28.6. The molecule has 0 heterocycles. The number of benzene rings is 3. The molecule has 0 saturated heterocycles. The van der Waals surface area contributed by atoms with Crippen LogP contribution in [-0.4, -0.2) is 38.4 Å². The SMILES string of the molecule is CCCCCCOC(=O)COc1c2ccccc2c(OCC(=O)OCCCCCC)c2c(CCCC)cccc12. The summed E-state index contributed by atoms with van der Waals surface area (Å²) in [6.45, 7) is 6.95. The summed E-state index contributed by atoms with van der Waals surface area (Å²) in [6, 6.07) is 13.9. The van der Waals surface area contributed by atoms with Crippen LogP contribution >= 0.6 is 0 Å². The van der Waals surface area contributed by atoms with Crippen LogP contribution in [0.4, 0.5) is 0 Å². The number of aryl methyl sites for hydroxylation is 1. The molecule has 0 N–H and O–H groups in total. The molecule has 0 saturated carbocycles. The van der Waals surface area contributed by atoms with E-state index in [-0.39, 0.29) is 25.2 Å². The normalized spacial score (nSPS) is 11.1. The third-order valence-electron chi connectivity index (χ3n) is 7.03. The Bertz CT molecular complexity index is 1220. The van der Waals surface area contributed by atoms with Gasteiger partial charge in [-0.3, -0.25) is 0 Å². The lowest BCUT2D eigenvalue weighted by molar-refractivity contribution is -0.147. The van der Waals surface area contributed by atoms with Gasteiger partial charge >= 0.3 is 11.9 Å². The maximum Gasteiger partial charge on any atom is 0.344 e. The number of unbranched alkanes of at least 4 members (excludes halogenated alkanes) is 7. The zero-order valence-corrected chi connectivity index (χ0v) is 24.6. The number of esters is 2. The highest BCUT2D eigenvalue weighted by Gasteiger charge is 2.20. The van der Waals surface area contributed by atoms with Crippen molar-refractivity contribution in [1.29, 1.82) is 0 Å². The summed E-state index contributed by atoms with van der Waals surface area (Å²) in [4.78, 5) is 25.0. The lowest BCUT2D eigenvalue weighted by Crippen LogP contribution is -2.17. The van der Waals surface area contributed by atoms with Crippen LogP contribution in [0.5, 0.6) is 11.5 Å². The van der Waals surface area contributed by atoms with E-state index in [1.54, 1.807) is 0 Å². The maximum absolute atomic E-state index is 12.5. The fourth-order valence-corrected chi connectivity index (χ4v) is 4.87. The van der Waals surface area contributed by atoms with E-state index < -0.39 is 0 Å². The number of ether oxygens (including phenoxy) is 4. The number of hydrogen-bond donors (Lipinski definition) is 0. The summed E-state index contributed by atoms with van der Waals surface area (Å²) in [7, 11) is 0. The Kier molecular flexibility index (Phi) is 13.6. The average molecular weight is 551 g/mol. The van der Waals surface area contributed by atoms with Crippen molar-refractivity contribution in [3.63, 3.8) is 0 Å². The lowest BCUT2D eigenvalue weighted by atomic mass is 9.94. The molecule has 40 heavy (non-hydrogen) atoms. The minimum atomic E-state index is -0.377. The molecule has 0 unspecified atom stereocenters. The molecular formula is C34H46O6. The first-order chi connectivity index (χ1) is 19.6. The predicted molar refractivity (Wildman–Crippen MR) is 161 cm³/mol. The molecule has 0 aliphatic rings. The molecule has 6 heteroatoms. The van der Waals surface area contributed by atoms with Crippen molar-refractivity contribution in [2.75, 3.05) is 26.4 Å². The van der Waals surface area contributed by atoms with Gasteiger partial charge in [-0.15, -0.1) is 0 Å². The number of rotatable bonds is 19. The lowest BCUT2D eigenvalue weighted by Gasteiger charge is -2.19. The number of fused-ring (bicyclic) bond motifs is 2. The average Bonchev–Trinajstić information content (AvgIpc) is 2.97. The molecule has 0 aliphatic heterocycles. The van der Waals surface area contributed by atoms with Gasteiger partial charge in [0.1, 0.15) is 11.5 Å². The van der Waals surface area contributed by atoms with Gasteiger partial charge in [-0.05, 0) is 31.2 Å². The molecule has 6 nitrogen and oxygen atoms in total. The first-order valence-electron chi connectivity index (χ1n) is 15.1. The summed E-state index contributed by atoms with van der Waals surface area (Å²) in [5.74, 6) is 0.517. The van der Waals surface area contributed by atoms with Crippen LogP contribution in [0.3, 0.4) is 0 Å². The van der Waals surface area contributed by atoms with Gasteiger partial charge in [0, 0.05) is 21.5 Å². The smallest absolute Gasteiger partial charge is 0.344 e. The molecule has 0 radical (unpaired) electrons. The Hall–Kier alpha value is -3.28. The predicted octanol–water partition coefficient (Wildman–Crippen LogP) is 8.34. The Labute approximate surface area is 239 Å². The van der Waals surface area contributed by atoms with Gasteiger partial charge < -0.3 is 18.9 Å². The van der Waals surface area contributed by atoms with Crippen LogP contribution in [0.15, 0.2) is 42.5 Å². The third kappa shape index (κ3) is 9.14. The van der Waals surface area contributed by atoms with Crippen molar-refractivity contribution in [2.45, 2.75) is 91.4 Å². The van der Waals surface area contributed by atoms with Crippen molar-refractivity contribution < 1.29 is 28.5 Å². The molecule has 0 fully saturated rings. The second kappa shape index (κ2) is 17.4. The number of carbonyl (C=O) groups is 2. The minimum Gasteiger partial charge on any atom is -0.481 e. The topological polar surface area (TPSA) is 71.1 Å². The second-order valence-electron chi connectivity index (χ2n) is 10.3. The summed E-state index contributed by atoms with van der Waals surface area (Å²) in [5, 5.41) is 3.42. The minimum absolute atomic E-state index is 0.167. The molecule has 0 atom stereocenters. The Morgan fingerprint density at radius 1 is 0.575 bits per heavy atom. The molecule has 0 aromatic heterocycles. The van der Waals surface area contributed by atoms with E-state index in [4.69, 9.17) is 18.9 Å². The summed E-state index contributed by atoms with van der Waals surface area (Å²) < 4.78 is 23.3. The van der Waals surface area contributed by atoms with Crippen molar-refractivity contribution in [2.24, 2.45) is 0 Å². The van der Waals surface area contributed by atoms with E-state index in [0.29, 0.717) is 24.7 Å². The van der Waals surface area contributed by atoms with Crippen molar-refractivity contribution in [1.82, 2.24) is 0 Å². The standard InChI is InChI=1S/C34H46O6/c1-4-7-10-14-22-37-30(35)24-39-33-27-19-12-13-20-28(27)34(40-25-31(36)38-23-15-11-8-5-2)32-26(17-9-6-3)18-16-21-29(32)33/h12-13,16,18-21H,4-11,14-15,17,22-25H2,1-3H3. The van der Waals surface area contributed by atoms with Crippen LogP contribution in [0.1, 0.15) is 90.5 Å². The van der Waals surface area contributed by atoms with Crippen LogP contribution in [0, 0.1) is 0 Å². The number of hydrogen-bond acceptors (Lipinski definition) is 6. The molecule has 0 bridgehead atoms. The van der Waals surface area contributed by atoms with E-state index >= 15 is 0 Å². The van der Waals surface area contributed by atoms with Gasteiger partial charge in [0.15, 0.2) is 13.2 Å². The zero-order valence-electron chi connectivity index (χ0n) is 24.6. The Morgan fingerprint density at radius 3 is 1.68 bits per heavy atom. The summed E-state index contributed by atoms with van der Waals surface area (Å²) >= 11 is 0. The molecule has 3 rings (SSSR count). The van der Waals surface area contributed by atoms with Gasteiger partial charge in [-0.1, -0.05) is 108 Å². The van der Waals surface area contributed by atoms with Crippen molar-refractivity contribution in [3.8, 4) is 11.5 Å². The third-order valence-corrected chi connectivity index (χ3v) is 7.03. The van der Waals surface area contributed by atoms with Crippen LogP contribution in [0.25, 0.3) is 21.5 Å². The molecular weight excluding hydrogens is 504 g/mol. The highest BCUT2D eigenvalue weighted by atomic mass is 16.6.